The lowest BCUT2D eigenvalue weighted by Gasteiger charge is -2.14. The van der Waals surface area contributed by atoms with Crippen molar-refractivity contribution in [2.75, 3.05) is 0 Å². The van der Waals surface area contributed by atoms with Crippen molar-refractivity contribution in [2.24, 2.45) is 5.84 Å². The Labute approximate surface area is 182 Å². The van der Waals surface area contributed by atoms with Gasteiger partial charge in [0.05, 0.1) is 5.02 Å². The van der Waals surface area contributed by atoms with Crippen LogP contribution in [0.3, 0.4) is 0 Å². The van der Waals surface area contributed by atoms with Crippen molar-refractivity contribution in [1.29, 1.82) is 0 Å². The first-order valence-electron chi connectivity index (χ1n) is 7.64. The van der Waals surface area contributed by atoms with E-state index in [1.54, 1.807) is 43.3 Å². The van der Waals surface area contributed by atoms with Crippen molar-refractivity contribution < 1.29 is 9.59 Å². The number of hydrogen-bond acceptors (Lipinski definition) is 4. The van der Waals surface area contributed by atoms with Gasteiger partial charge >= 0.3 is 0 Å². The molecule has 0 fully saturated rings. The van der Waals surface area contributed by atoms with Crippen LogP contribution in [0.4, 0.5) is 0 Å². The van der Waals surface area contributed by atoms with Crippen molar-refractivity contribution in [3.63, 3.8) is 0 Å². The van der Waals surface area contributed by atoms with Gasteiger partial charge in [-0.15, -0.1) is 24.8 Å². The molecule has 2 aromatic rings. The SMILES string of the molecule is CC(C)(C)NN.Cc1ccc(C(=O)Cl)cc1C(=O)c1ccccc1Cl.Cl.Cl. The van der Waals surface area contributed by atoms with Crippen LogP contribution in [0, 0.1) is 6.92 Å². The van der Waals surface area contributed by atoms with E-state index >= 15 is 0 Å². The van der Waals surface area contributed by atoms with Crippen molar-refractivity contribution in [2.45, 2.75) is 33.2 Å². The third-order valence-electron chi connectivity index (χ3n) is 3.26. The third-order valence-corrected chi connectivity index (χ3v) is 3.81. The Morgan fingerprint density at radius 3 is 1.96 bits per heavy atom. The van der Waals surface area contributed by atoms with E-state index in [-0.39, 0.29) is 36.1 Å². The summed E-state index contributed by atoms with van der Waals surface area (Å²) in [5.74, 6) is 4.84. The molecule has 0 bridgehead atoms. The van der Waals surface area contributed by atoms with E-state index in [1.165, 1.54) is 6.07 Å². The molecule has 0 amide bonds. The maximum atomic E-state index is 12.4. The largest absolute Gasteiger partial charge is 0.289 e. The number of aryl methyl sites for hydroxylation is 1. The predicted octanol–water partition coefficient (Wildman–Crippen LogP) is 5.35. The first kappa shape index (κ1) is 28.1. The van der Waals surface area contributed by atoms with E-state index in [0.29, 0.717) is 21.7 Å². The molecule has 0 unspecified atom stereocenters. The van der Waals surface area contributed by atoms with Crippen LogP contribution in [-0.4, -0.2) is 16.6 Å². The van der Waals surface area contributed by atoms with Crippen LogP contribution in [0.1, 0.15) is 52.6 Å². The highest BCUT2D eigenvalue weighted by molar-refractivity contribution is 6.67. The maximum absolute atomic E-state index is 12.4. The molecular formula is C19H24Cl4N2O2. The lowest BCUT2D eigenvalue weighted by Crippen LogP contribution is -2.41. The summed E-state index contributed by atoms with van der Waals surface area (Å²) < 4.78 is 0. The van der Waals surface area contributed by atoms with Crippen molar-refractivity contribution in [3.05, 3.63) is 69.7 Å². The normalized spacial score (nSPS) is 9.89. The summed E-state index contributed by atoms with van der Waals surface area (Å²) in [5, 5.41) is -0.206. The number of halogens is 4. The third kappa shape index (κ3) is 9.06. The minimum absolute atomic E-state index is 0. The number of ketones is 1. The number of hydrogen-bond donors (Lipinski definition) is 2. The molecule has 0 radical (unpaired) electrons. The molecule has 0 heterocycles. The average Bonchev–Trinajstić information content (AvgIpc) is 2.55. The van der Waals surface area contributed by atoms with E-state index in [1.807, 2.05) is 20.8 Å². The Morgan fingerprint density at radius 2 is 1.52 bits per heavy atom. The van der Waals surface area contributed by atoms with Crippen LogP contribution in [0.5, 0.6) is 0 Å². The summed E-state index contributed by atoms with van der Waals surface area (Å²) in [4.78, 5) is 23.6. The highest BCUT2D eigenvalue weighted by atomic mass is 35.5. The first-order chi connectivity index (χ1) is 11.6. The van der Waals surface area contributed by atoms with Gasteiger partial charge in [0.1, 0.15) is 0 Å². The molecule has 0 aliphatic carbocycles. The number of carbonyl (C=O) groups excluding carboxylic acids is 2. The molecule has 2 aromatic carbocycles. The van der Waals surface area contributed by atoms with Gasteiger partial charge in [-0.3, -0.25) is 20.9 Å². The van der Waals surface area contributed by atoms with Crippen LogP contribution in [-0.2, 0) is 0 Å². The van der Waals surface area contributed by atoms with Gasteiger partial charge in [0.2, 0.25) is 0 Å². The quantitative estimate of drug-likeness (QED) is 0.284. The summed E-state index contributed by atoms with van der Waals surface area (Å²) in [6.07, 6.45) is 0. The van der Waals surface area contributed by atoms with Crippen LogP contribution < -0.4 is 11.3 Å². The van der Waals surface area contributed by atoms with Gasteiger partial charge in [0.25, 0.3) is 5.24 Å². The Balaban J connectivity index is 0. The highest BCUT2D eigenvalue weighted by Crippen LogP contribution is 2.22. The van der Waals surface area contributed by atoms with Crippen molar-refractivity contribution in [1.82, 2.24) is 5.43 Å². The lowest BCUT2D eigenvalue weighted by atomic mass is 9.97. The maximum Gasteiger partial charge on any atom is 0.252 e. The molecule has 3 N–H and O–H groups in total. The molecule has 0 spiro atoms. The van der Waals surface area contributed by atoms with E-state index in [0.717, 1.165) is 5.56 Å². The molecule has 150 valence electrons. The molecule has 0 atom stereocenters. The summed E-state index contributed by atoms with van der Waals surface area (Å²) in [7, 11) is 0. The average molecular weight is 454 g/mol. The van der Waals surface area contributed by atoms with Crippen LogP contribution >= 0.6 is 48.0 Å². The standard InChI is InChI=1S/C15H10Cl2O2.C4H12N2.2ClH/c1-9-6-7-10(15(17)19)8-12(9)14(18)11-4-2-3-5-13(11)16;1-4(2,3)6-5;;/h2-8H,1H3;6H,5H2,1-3H3;2*1H. The summed E-state index contributed by atoms with van der Waals surface area (Å²) in [5.41, 5.74) is 4.58. The molecular weight excluding hydrogens is 430 g/mol. The van der Waals surface area contributed by atoms with E-state index in [4.69, 9.17) is 29.0 Å². The molecule has 0 aliphatic heterocycles. The summed E-state index contributed by atoms with van der Waals surface area (Å²) in [6, 6.07) is 11.6. The van der Waals surface area contributed by atoms with E-state index in [2.05, 4.69) is 5.43 Å². The zero-order valence-corrected chi connectivity index (χ0v) is 18.7. The molecule has 8 heteroatoms. The number of carbonyl (C=O) groups is 2. The Bertz CT molecular complexity index is 775. The van der Waals surface area contributed by atoms with Crippen LogP contribution in [0.2, 0.25) is 5.02 Å². The van der Waals surface area contributed by atoms with Crippen LogP contribution in [0.15, 0.2) is 42.5 Å². The fourth-order valence-corrected chi connectivity index (χ4v) is 2.12. The zero-order chi connectivity index (χ0) is 19.2. The van der Waals surface area contributed by atoms with E-state index in [9.17, 15) is 9.59 Å². The van der Waals surface area contributed by atoms with Gasteiger partial charge in [-0.05, 0) is 69.1 Å². The van der Waals surface area contributed by atoms with Gasteiger partial charge in [-0.1, -0.05) is 29.8 Å². The Kier molecular flexibility index (Phi) is 12.8. The smallest absolute Gasteiger partial charge is 0.252 e. The number of nitrogens with two attached hydrogens (primary N) is 1. The lowest BCUT2D eigenvalue weighted by molar-refractivity contribution is 0.103. The topological polar surface area (TPSA) is 72.2 Å². The molecule has 2 rings (SSSR count). The first-order valence-corrected chi connectivity index (χ1v) is 8.40. The number of benzene rings is 2. The Morgan fingerprint density at radius 1 is 1.00 bits per heavy atom. The molecule has 0 aromatic heterocycles. The molecule has 4 nitrogen and oxygen atoms in total. The van der Waals surface area contributed by atoms with Gasteiger partial charge in [-0.25, -0.2) is 0 Å². The Hall–Kier alpha value is -1.14. The predicted molar refractivity (Wildman–Crippen MR) is 118 cm³/mol. The number of nitrogens with one attached hydrogen (secondary N) is 1. The van der Waals surface area contributed by atoms with Gasteiger partial charge < -0.3 is 0 Å². The van der Waals surface area contributed by atoms with Gasteiger partial charge in [0.15, 0.2) is 5.78 Å². The fourth-order valence-electron chi connectivity index (χ4n) is 1.78. The molecule has 0 saturated heterocycles. The fraction of sp³-hybridized carbons (Fsp3) is 0.263. The summed E-state index contributed by atoms with van der Waals surface area (Å²) in [6.45, 7) is 7.82. The zero-order valence-electron chi connectivity index (χ0n) is 15.5. The molecule has 27 heavy (non-hydrogen) atoms. The van der Waals surface area contributed by atoms with Crippen molar-refractivity contribution >= 4 is 59.0 Å². The van der Waals surface area contributed by atoms with E-state index < -0.39 is 5.24 Å². The van der Waals surface area contributed by atoms with Crippen molar-refractivity contribution in [3.8, 4) is 0 Å². The minimum atomic E-state index is -0.590. The second-order valence-electron chi connectivity index (χ2n) is 6.51. The van der Waals surface area contributed by atoms with Crippen LogP contribution in [0.25, 0.3) is 0 Å². The van der Waals surface area contributed by atoms with Gasteiger partial charge in [-0.2, -0.15) is 0 Å². The molecule has 0 aliphatic rings. The second-order valence-corrected chi connectivity index (χ2v) is 7.26. The monoisotopic (exact) mass is 452 g/mol. The minimum Gasteiger partial charge on any atom is -0.289 e. The summed E-state index contributed by atoms with van der Waals surface area (Å²) >= 11 is 11.4. The number of hydrazine groups is 1. The second kappa shape index (κ2) is 12.3. The highest BCUT2D eigenvalue weighted by Gasteiger charge is 2.16. The number of rotatable bonds is 3. The molecule has 0 saturated carbocycles. The van der Waals surface area contributed by atoms with Gasteiger partial charge in [0, 0.05) is 22.2 Å².